The van der Waals surface area contributed by atoms with Gasteiger partial charge in [-0.05, 0) is 80.1 Å². The van der Waals surface area contributed by atoms with Crippen LogP contribution in [0.3, 0.4) is 0 Å². The van der Waals surface area contributed by atoms with Gasteiger partial charge in [-0.25, -0.2) is 0 Å². The number of halogens is 1. The lowest BCUT2D eigenvalue weighted by Gasteiger charge is -2.38. The largest absolute Gasteiger partial charge is 0.491 e. The van der Waals surface area contributed by atoms with Gasteiger partial charge in [-0.1, -0.05) is 36.2 Å². The number of thiophene rings is 1. The van der Waals surface area contributed by atoms with E-state index in [1.165, 1.54) is 4.88 Å². The highest BCUT2D eigenvalue weighted by atomic mass is 35.5. The summed E-state index contributed by atoms with van der Waals surface area (Å²) in [5.74, 6) is 0.530. The van der Waals surface area contributed by atoms with Gasteiger partial charge in [0.2, 0.25) is 5.91 Å². The van der Waals surface area contributed by atoms with Crippen molar-refractivity contribution < 1.29 is 14.3 Å². The first-order valence-electron chi connectivity index (χ1n) is 12.0. The second-order valence-electron chi connectivity index (χ2n) is 8.97. The number of ether oxygens (including phenoxy) is 1. The highest BCUT2D eigenvalue weighted by molar-refractivity contribution is 7.10. The van der Waals surface area contributed by atoms with E-state index < -0.39 is 0 Å². The molecule has 0 bridgehead atoms. The van der Waals surface area contributed by atoms with Crippen LogP contribution in [0.5, 0.6) is 5.75 Å². The number of benzene rings is 2. The average molecular weight is 511 g/mol. The van der Waals surface area contributed by atoms with Gasteiger partial charge in [0.15, 0.2) is 0 Å². The summed E-state index contributed by atoms with van der Waals surface area (Å²) in [4.78, 5) is 31.9. The smallest absolute Gasteiger partial charge is 0.254 e. The zero-order valence-electron chi connectivity index (χ0n) is 20.4. The molecule has 0 N–H and O–H groups in total. The van der Waals surface area contributed by atoms with Crippen molar-refractivity contribution in [1.29, 1.82) is 0 Å². The minimum Gasteiger partial charge on any atom is -0.491 e. The Balaban J connectivity index is 1.54. The molecule has 2 heterocycles. The Hall–Kier alpha value is -2.83. The van der Waals surface area contributed by atoms with Crippen LogP contribution in [-0.2, 0) is 11.2 Å². The average Bonchev–Trinajstić information content (AvgIpc) is 3.35. The number of aryl methyl sites for hydroxylation is 1. The van der Waals surface area contributed by atoms with E-state index in [9.17, 15) is 9.59 Å². The standard InChI is InChI=1S/C28H31ClN2O3S/c1-4-20(3)31(28(33)21-7-5-19(2)6-8-21)17-27(32)30-15-13-26-24(14-16-35-26)25(30)18-34-23-11-9-22(29)10-12-23/h5-12,14,16,20,25H,4,13,15,17-18H2,1-3H3/t20-,25+/m1/s1. The third kappa shape index (κ3) is 5.88. The molecule has 0 saturated heterocycles. The van der Waals surface area contributed by atoms with Crippen molar-refractivity contribution in [2.75, 3.05) is 19.7 Å². The van der Waals surface area contributed by atoms with Gasteiger partial charge in [-0.15, -0.1) is 11.3 Å². The van der Waals surface area contributed by atoms with E-state index in [1.807, 2.05) is 62.1 Å². The maximum atomic E-state index is 13.7. The summed E-state index contributed by atoms with van der Waals surface area (Å²) in [7, 11) is 0. The molecule has 184 valence electrons. The lowest BCUT2D eigenvalue weighted by atomic mass is 10.00. The number of amides is 2. The van der Waals surface area contributed by atoms with Crippen LogP contribution in [0, 0.1) is 6.92 Å². The topological polar surface area (TPSA) is 49.9 Å². The number of nitrogens with zero attached hydrogens (tertiary/aromatic N) is 2. The van der Waals surface area contributed by atoms with E-state index in [1.54, 1.807) is 28.4 Å². The third-order valence-corrected chi connectivity index (χ3v) is 7.87. The summed E-state index contributed by atoms with van der Waals surface area (Å²) in [6, 6.07) is 16.6. The van der Waals surface area contributed by atoms with Crippen LogP contribution in [-0.4, -0.2) is 47.4 Å². The van der Waals surface area contributed by atoms with Gasteiger partial charge >= 0.3 is 0 Å². The number of carbonyl (C=O) groups excluding carboxylic acids is 2. The molecule has 1 aliphatic heterocycles. The fraction of sp³-hybridized carbons (Fsp3) is 0.357. The van der Waals surface area contributed by atoms with Crippen LogP contribution < -0.4 is 4.74 Å². The van der Waals surface area contributed by atoms with Crippen LogP contribution in [0.15, 0.2) is 60.0 Å². The molecule has 0 unspecified atom stereocenters. The first-order valence-corrected chi connectivity index (χ1v) is 13.2. The van der Waals surface area contributed by atoms with Crippen molar-refractivity contribution in [3.8, 4) is 5.75 Å². The molecule has 4 rings (SSSR count). The van der Waals surface area contributed by atoms with Gasteiger partial charge in [0.05, 0.1) is 6.04 Å². The SMILES string of the molecule is CC[C@@H](C)N(CC(=O)N1CCc2sccc2[C@@H]1COc1ccc(Cl)cc1)C(=O)c1ccc(C)cc1. The van der Waals surface area contributed by atoms with Gasteiger partial charge in [0, 0.05) is 28.0 Å². The minimum absolute atomic E-state index is 0.0403. The molecular formula is C28H31ClN2O3S. The summed E-state index contributed by atoms with van der Waals surface area (Å²) in [5.41, 5.74) is 2.82. The molecule has 2 aromatic carbocycles. The second kappa shape index (κ2) is 11.3. The van der Waals surface area contributed by atoms with Crippen molar-refractivity contribution in [2.24, 2.45) is 0 Å². The third-order valence-electron chi connectivity index (χ3n) is 6.62. The van der Waals surface area contributed by atoms with Gasteiger partial charge in [-0.2, -0.15) is 0 Å². The van der Waals surface area contributed by atoms with Crippen molar-refractivity contribution >= 4 is 34.8 Å². The highest BCUT2D eigenvalue weighted by Crippen LogP contribution is 2.34. The van der Waals surface area contributed by atoms with E-state index in [2.05, 4.69) is 11.4 Å². The van der Waals surface area contributed by atoms with Crippen LogP contribution >= 0.6 is 22.9 Å². The van der Waals surface area contributed by atoms with Crippen molar-refractivity contribution in [3.63, 3.8) is 0 Å². The molecule has 0 radical (unpaired) electrons. The Morgan fingerprint density at radius 2 is 1.86 bits per heavy atom. The molecule has 2 amide bonds. The summed E-state index contributed by atoms with van der Waals surface area (Å²) in [5, 5.41) is 2.72. The predicted molar refractivity (Wildman–Crippen MR) is 141 cm³/mol. The molecule has 7 heteroatoms. The first-order chi connectivity index (χ1) is 16.9. The van der Waals surface area contributed by atoms with E-state index >= 15 is 0 Å². The van der Waals surface area contributed by atoms with Crippen molar-refractivity contribution in [2.45, 2.75) is 45.7 Å². The highest BCUT2D eigenvalue weighted by Gasteiger charge is 2.34. The Bertz CT molecular complexity index is 1160. The van der Waals surface area contributed by atoms with Crippen LogP contribution in [0.25, 0.3) is 0 Å². The first kappa shape index (κ1) is 25.3. The summed E-state index contributed by atoms with van der Waals surface area (Å²) < 4.78 is 6.08. The number of hydrogen-bond donors (Lipinski definition) is 0. The van der Waals surface area contributed by atoms with E-state index in [0.717, 1.165) is 24.0 Å². The number of hydrogen-bond acceptors (Lipinski definition) is 4. The maximum Gasteiger partial charge on any atom is 0.254 e. The number of rotatable bonds is 8. The predicted octanol–water partition coefficient (Wildman–Crippen LogP) is 6.16. The van der Waals surface area contributed by atoms with E-state index in [4.69, 9.17) is 16.3 Å². The molecule has 2 atom stereocenters. The monoisotopic (exact) mass is 510 g/mol. The molecular weight excluding hydrogens is 480 g/mol. The zero-order chi connectivity index (χ0) is 24.9. The lowest BCUT2D eigenvalue weighted by Crippen LogP contribution is -2.49. The molecule has 0 saturated carbocycles. The maximum absolute atomic E-state index is 13.7. The lowest BCUT2D eigenvalue weighted by molar-refractivity contribution is -0.136. The Kier molecular flexibility index (Phi) is 8.14. The Morgan fingerprint density at radius 1 is 1.14 bits per heavy atom. The summed E-state index contributed by atoms with van der Waals surface area (Å²) >= 11 is 7.72. The van der Waals surface area contributed by atoms with Crippen molar-refractivity contribution in [3.05, 3.63) is 86.6 Å². The molecule has 0 spiro atoms. The molecule has 35 heavy (non-hydrogen) atoms. The van der Waals surface area contributed by atoms with Crippen LogP contribution in [0.4, 0.5) is 0 Å². The molecule has 5 nitrogen and oxygen atoms in total. The normalized spacial score (nSPS) is 15.9. The van der Waals surface area contributed by atoms with Gasteiger partial charge in [0.1, 0.15) is 18.9 Å². The molecule has 3 aromatic rings. The quantitative estimate of drug-likeness (QED) is 0.365. The van der Waals surface area contributed by atoms with Gasteiger partial charge < -0.3 is 14.5 Å². The van der Waals surface area contributed by atoms with Gasteiger partial charge in [0.25, 0.3) is 5.91 Å². The van der Waals surface area contributed by atoms with E-state index in [-0.39, 0.29) is 30.4 Å². The zero-order valence-corrected chi connectivity index (χ0v) is 21.9. The van der Waals surface area contributed by atoms with Crippen molar-refractivity contribution in [1.82, 2.24) is 9.80 Å². The fourth-order valence-electron chi connectivity index (χ4n) is 4.33. The Morgan fingerprint density at radius 3 is 2.54 bits per heavy atom. The van der Waals surface area contributed by atoms with Crippen LogP contribution in [0.2, 0.25) is 5.02 Å². The molecule has 1 aliphatic rings. The van der Waals surface area contributed by atoms with Gasteiger partial charge in [-0.3, -0.25) is 9.59 Å². The molecule has 0 aliphatic carbocycles. The molecule has 0 fully saturated rings. The Labute approximate surface area is 216 Å². The minimum atomic E-state index is -0.207. The summed E-state index contributed by atoms with van der Waals surface area (Å²) in [6.45, 7) is 7.00. The molecule has 1 aromatic heterocycles. The van der Waals surface area contributed by atoms with Crippen LogP contribution in [0.1, 0.15) is 52.7 Å². The second-order valence-corrected chi connectivity index (χ2v) is 10.4. The summed E-state index contributed by atoms with van der Waals surface area (Å²) in [6.07, 6.45) is 1.58. The number of fused-ring (bicyclic) bond motifs is 1. The fourth-order valence-corrected chi connectivity index (χ4v) is 5.38. The van der Waals surface area contributed by atoms with E-state index in [0.29, 0.717) is 29.5 Å². The number of carbonyl (C=O) groups is 2.